The largest absolute Gasteiger partial charge is 0.494 e. The molecule has 0 radical (unpaired) electrons. The molecule has 0 N–H and O–H groups in total. The van der Waals surface area contributed by atoms with Gasteiger partial charge in [0.05, 0.1) is 13.2 Å². The van der Waals surface area contributed by atoms with Crippen LogP contribution in [0, 0.1) is 11.8 Å². The Kier molecular flexibility index (Phi) is 8.66. The van der Waals surface area contributed by atoms with Crippen LogP contribution >= 0.6 is 0 Å². The number of rotatable bonds is 10. The summed E-state index contributed by atoms with van der Waals surface area (Å²) < 4.78 is 11.6. The molecule has 156 valence electrons. The lowest BCUT2D eigenvalue weighted by atomic mass is 10.1. The Labute approximate surface area is 181 Å². The quantitative estimate of drug-likeness (QED) is 0.261. The van der Waals surface area contributed by atoms with Gasteiger partial charge in [-0.2, -0.15) is 0 Å². The van der Waals surface area contributed by atoms with E-state index in [4.69, 9.17) is 9.47 Å². The molecular weight excluding hydrogens is 368 g/mol. The van der Waals surface area contributed by atoms with Gasteiger partial charge in [0.25, 0.3) is 0 Å². The highest BCUT2D eigenvalue weighted by molar-refractivity contribution is 5.85. The summed E-state index contributed by atoms with van der Waals surface area (Å²) >= 11 is 0. The first-order chi connectivity index (χ1) is 14.8. The lowest BCUT2D eigenvalue weighted by molar-refractivity contribution is 0.305. The third kappa shape index (κ3) is 6.85. The van der Waals surface area contributed by atoms with Gasteiger partial charge in [0, 0.05) is 11.1 Å². The van der Waals surface area contributed by atoms with Gasteiger partial charge in [-0.3, -0.25) is 0 Å². The van der Waals surface area contributed by atoms with Crippen molar-refractivity contribution in [2.24, 2.45) is 0 Å². The predicted molar refractivity (Wildman–Crippen MR) is 126 cm³/mol. The van der Waals surface area contributed by atoms with Gasteiger partial charge in [-0.25, -0.2) is 0 Å². The molecule has 30 heavy (non-hydrogen) atoms. The third-order valence-electron chi connectivity index (χ3n) is 5.05. The molecule has 0 aliphatic rings. The first-order valence-electron chi connectivity index (χ1n) is 11.2. The highest BCUT2D eigenvalue weighted by atomic mass is 16.5. The molecule has 3 aromatic rings. The Bertz CT molecular complexity index is 977. The van der Waals surface area contributed by atoms with Crippen molar-refractivity contribution in [2.75, 3.05) is 13.2 Å². The van der Waals surface area contributed by atoms with Crippen molar-refractivity contribution < 1.29 is 9.47 Å². The normalized spacial score (nSPS) is 10.5. The molecule has 0 bridgehead atoms. The summed E-state index contributed by atoms with van der Waals surface area (Å²) in [5.74, 6) is 8.37. The number of unbranched alkanes of at least 4 members (excludes halogenated alkanes) is 4. The molecule has 0 atom stereocenters. The number of benzene rings is 3. The van der Waals surface area contributed by atoms with Gasteiger partial charge in [0.1, 0.15) is 11.5 Å². The predicted octanol–water partition coefficient (Wildman–Crippen LogP) is 7.38. The minimum atomic E-state index is 0.772. The standard InChI is InChI=1S/C28H32O2/c1-3-5-7-8-20-29-27-16-12-23(13-17-27)9-10-24-11-14-26-22-28(30-19-6-4-2)18-15-25(26)21-24/h11-18,21-22H,3-8,19-20H2,1-2H3. The van der Waals surface area contributed by atoms with E-state index >= 15 is 0 Å². The highest BCUT2D eigenvalue weighted by Gasteiger charge is 1.99. The average Bonchev–Trinajstić information content (AvgIpc) is 2.78. The molecule has 0 saturated heterocycles. The number of hydrogen-bond donors (Lipinski definition) is 0. The first-order valence-corrected chi connectivity index (χ1v) is 11.2. The van der Waals surface area contributed by atoms with Crippen LogP contribution in [-0.4, -0.2) is 13.2 Å². The molecule has 0 spiro atoms. The molecule has 0 heterocycles. The molecule has 0 unspecified atom stereocenters. The summed E-state index contributed by atoms with van der Waals surface area (Å²) in [5.41, 5.74) is 2.01. The van der Waals surface area contributed by atoms with Crippen LogP contribution in [0.1, 0.15) is 63.5 Å². The van der Waals surface area contributed by atoms with Gasteiger partial charge in [0.15, 0.2) is 0 Å². The van der Waals surface area contributed by atoms with Crippen LogP contribution < -0.4 is 9.47 Å². The van der Waals surface area contributed by atoms with Gasteiger partial charge >= 0.3 is 0 Å². The molecule has 3 aromatic carbocycles. The summed E-state index contributed by atoms with van der Waals surface area (Å²) in [6, 6.07) is 20.6. The van der Waals surface area contributed by atoms with Crippen LogP contribution in [0.25, 0.3) is 10.8 Å². The fourth-order valence-electron chi connectivity index (χ4n) is 3.22. The maximum absolute atomic E-state index is 5.80. The highest BCUT2D eigenvalue weighted by Crippen LogP contribution is 2.22. The smallest absolute Gasteiger partial charge is 0.119 e. The SMILES string of the molecule is CCCCCCOc1ccc(C#Cc2ccc3cc(OCCCC)ccc3c2)cc1. The molecule has 0 saturated carbocycles. The zero-order valence-electron chi connectivity index (χ0n) is 18.2. The molecule has 0 aliphatic heterocycles. The Morgan fingerprint density at radius 3 is 1.97 bits per heavy atom. The van der Waals surface area contributed by atoms with Crippen molar-refractivity contribution in [1.82, 2.24) is 0 Å². The van der Waals surface area contributed by atoms with E-state index in [0.29, 0.717) is 0 Å². The minimum absolute atomic E-state index is 0.772. The van der Waals surface area contributed by atoms with Crippen molar-refractivity contribution in [3.05, 3.63) is 71.8 Å². The zero-order chi connectivity index (χ0) is 21.0. The Balaban J connectivity index is 1.59. The van der Waals surface area contributed by atoms with Gasteiger partial charge in [-0.05, 0) is 72.1 Å². The maximum Gasteiger partial charge on any atom is 0.119 e. The number of ether oxygens (including phenoxy) is 2. The summed E-state index contributed by atoms with van der Waals surface area (Å²) in [4.78, 5) is 0. The van der Waals surface area contributed by atoms with E-state index in [2.05, 4.69) is 56.0 Å². The van der Waals surface area contributed by atoms with E-state index in [1.54, 1.807) is 0 Å². The molecule has 3 rings (SSSR count). The van der Waals surface area contributed by atoms with E-state index in [1.165, 1.54) is 30.0 Å². The Hall–Kier alpha value is -2.92. The van der Waals surface area contributed by atoms with Crippen molar-refractivity contribution in [1.29, 1.82) is 0 Å². The summed E-state index contributed by atoms with van der Waals surface area (Å²) in [6.45, 7) is 5.95. The second-order valence-electron chi connectivity index (χ2n) is 7.61. The monoisotopic (exact) mass is 400 g/mol. The fourth-order valence-corrected chi connectivity index (χ4v) is 3.22. The molecular formula is C28H32O2. The van der Waals surface area contributed by atoms with E-state index in [-0.39, 0.29) is 0 Å². The van der Waals surface area contributed by atoms with Crippen molar-refractivity contribution in [3.8, 4) is 23.3 Å². The summed E-state index contributed by atoms with van der Waals surface area (Å²) in [7, 11) is 0. The lowest BCUT2D eigenvalue weighted by Crippen LogP contribution is -1.96. The maximum atomic E-state index is 5.80. The van der Waals surface area contributed by atoms with E-state index in [9.17, 15) is 0 Å². The van der Waals surface area contributed by atoms with Crippen LogP contribution in [-0.2, 0) is 0 Å². The molecule has 0 aliphatic carbocycles. The second kappa shape index (κ2) is 11.9. The van der Waals surface area contributed by atoms with E-state index in [0.717, 1.165) is 55.1 Å². The van der Waals surface area contributed by atoms with Crippen LogP contribution in [0.5, 0.6) is 11.5 Å². The average molecular weight is 401 g/mol. The summed E-state index contributed by atoms with van der Waals surface area (Å²) in [5, 5.41) is 2.35. The molecule has 2 heteroatoms. The van der Waals surface area contributed by atoms with Gasteiger partial charge in [-0.1, -0.05) is 63.5 Å². The van der Waals surface area contributed by atoms with Crippen LogP contribution in [0.15, 0.2) is 60.7 Å². The molecule has 0 aromatic heterocycles. The second-order valence-corrected chi connectivity index (χ2v) is 7.61. The number of fused-ring (bicyclic) bond motifs is 1. The molecule has 0 fully saturated rings. The van der Waals surface area contributed by atoms with Crippen LogP contribution in [0.2, 0.25) is 0 Å². The summed E-state index contributed by atoms with van der Waals surface area (Å²) in [6.07, 6.45) is 7.10. The third-order valence-corrected chi connectivity index (χ3v) is 5.05. The van der Waals surface area contributed by atoms with Crippen molar-refractivity contribution >= 4 is 10.8 Å². The van der Waals surface area contributed by atoms with Gasteiger partial charge in [0.2, 0.25) is 0 Å². The molecule has 2 nitrogen and oxygen atoms in total. The van der Waals surface area contributed by atoms with Gasteiger partial charge in [-0.15, -0.1) is 0 Å². The first kappa shape index (κ1) is 21.8. The van der Waals surface area contributed by atoms with Crippen LogP contribution in [0.3, 0.4) is 0 Å². The van der Waals surface area contributed by atoms with Crippen molar-refractivity contribution in [2.45, 2.75) is 52.4 Å². The molecule has 0 amide bonds. The lowest BCUT2D eigenvalue weighted by Gasteiger charge is -2.07. The minimum Gasteiger partial charge on any atom is -0.494 e. The van der Waals surface area contributed by atoms with Crippen molar-refractivity contribution in [3.63, 3.8) is 0 Å². The zero-order valence-corrected chi connectivity index (χ0v) is 18.2. The number of hydrogen-bond acceptors (Lipinski definition) is 2. The Morgan fingerprint density at radius 1 is 0.567 bits per heavy atom. The topological polar surface area (TPSA) is 18.5 Å². The van der Waals surface area contributed by atoms with Crippen LogP contribution in [0.4, 0.5) is 0 Å². The van der Waals surface area contributed by atoms with E-state index in [1.807, 2.05) is 30.3 Å². The van der Waals surface area contributed by atoms with E-state index < -0.39 is 0 Å². The Morgan fingerprint density at radius 2 is 1.17 bits per heavy atom. The fraction of sp³-hybridized carbons (Fsp3) is 0.357. The van der Waals surface area contributed by atoms with Gasteiger partial charge < -0.3 is 9.47 Å².